The smallest absolute Gasteiger partial charge is 0.0644 e. The molecule has 4 heteroatoms. The Morgan fingerprint density at radius 2 is 1.95 bits per heavy atom. The third-order valence-corrected chi connectivity index (χ3v) is 3.77. The van der Waals surface area contributed by atoms with E-state index in [0.29, 0.717) is 13.1 Å². The van der Waals surface area contributed by atoms with E-state index in [2.05, 4.69) is 43.2 Å². The Kier molecular flexibility index (Phi) is 4.57. The van der Waals surface area contributed by atoms with Gasteiger partial charge in [0.05, 0.1) is 18.8 Å². The fraction of sp³-hybridized carbons (Fsp3) is 0.438. The summed E-state index contributed by atoms with van der Waals surface area (Å²) < 4.78 is 1.86. The van der Waals surface area contributed by atoms with E-state index in [1.807, 2.05) is 11.6 Å². The molecule has 2 aromatic rings. The van der Waals surface area contributed by atoms with E-state index >= 15 is 0 Å². The fourth-order valence-electron chi connectivity index (χ4n) is 2.53. The maximum absolute atomic E-state index is 9.17. The van der Waals surface area contributed by atoms with Gasteiger partial charge in [-0.1, -0.05) is 18.2 Å². The van der Waals surface area contributed by atoms with Gasteiger partial charge in [0.2, 0.25) is 0 Å². The topological polar surface area (TPSA) is 64.1 Å². The minimum Gasteiger partial charge on any atom is -0.394 e. The predicted molar refractivity (Wildman–Crippen MR) is 80.9 cm³/mol. The third-order valence-electron chi connectivity index (χ3n) is 3.77. The highest BCUT2D eigenvalue weighted by molar-refractivity contribution is 5.36. The maximum atomic E-state index is 9.17. The zero-order chi connectivity index (χ0) is 14.7. The molecule has 1 atom stereocenters. The number of hydrogen-bond donors (Lipinski definition) is 2. The zero-order valence-corrected chi connectivity index (χ0v) is 12.4. The van der Waals surface area contributed by atoms with Crippen molar-refractivity contribution in [2.45, 2.75) is 33.2 Å². The van der Waals surface area contributed by atoms with Gasteiger partial charge in [-0.05, 0) is 43.5 Å². The molecular weight excluding hydrogens is 250 g/mol. The van der Waals surface area contributed by atoms with Gasteiger partial charge in [-0.15, -0.1) is 0 Å². The molecular formula is C16H23N3O. The molecule has 0 saturated heterocycles. The lowest BCUT2D eigenvalue weighted by Gasteiger charge is -2.18. The minimum atomic E-state index is 0.0817. The molecule has 20 heavy (non-hydrogen) atoms. The Morgan fingerprint density at radius 1 is 1.20 bits per heavy atom. The molecule has 1 heterocycles. The molecule has 1 aromatic heterocycles. The van der Waals surface area contributed by atoms with Gasteiger partial charge in [0.1, 0.15) is 0 Å². The van der Waals surface area contributed by atoms with Crippen LogP contribution in [-0.4, -0.2) is 28.0 Å². The molecule has 0 aliphatic carbocycles. The number of aliphatic hydroxyl groups is 1. The van der Waals surface area contributed by atoms with Crippen molar-refractivity contribution in [3.63, 3.8) is 0 Å². The van der Waals surface area contributed by atoms with Gasteiger partial charge in [0.25, 0.3) is 0 Å². The molecule has 2 rings (SSSR count). The molecule has 1 aromatic carbocycles. The number of aliphatic hydroxyl groups excluding tert-OH is 1. The van der Waals surface area contributed by atoms with Crippen molar-refractivity contribution in [3.8, 4) is 0 Å². The van der Waals surface area contributed by atoms with Gasteiger partial charge >= 0.3 is 0 Å². The summed E-state index contributed by atoms with van der Waals surface area (Å²) in [5, 5.41) is 13.6. The number of hydrogen-bond acceptors (Lipinski definition) is 3. The summed E-state index contributed by atoms with van der Waals surface area (Å²) >= 11 is 0. The Morgan fingerprint density at radius 3 is 2.55 bits per heavy atom. The molecule has 0 saturated carbocycles. The average Bonchev–Trinajstić information content (AvgIpc) is 2.76. The quantitative estimate of drug-likeness (QED) is 0.874. The Hall–Kier alpha value is -1.65. The summed E-state index contributed by atoms with van der Waals surface area (Å²) in [6, 6.07) is 8.51. The first-order valence-corrected chi connectivity index (χ1v) is 6.99. The van der Waals surface area contributed by atoms with Gasteiger partial charge in [-0.2, -0.15) is 5.10 Å². The standard InChI is InChI=1S/C16H23N3O/c1-11-4-5-14(8-12(11)2)15(10-17)16-9-13(3)18-19(16)6-7-20/h4-5,8-9,15,20H,6-7,10,17H2,1-3H3. The van der Waals surface area contributed by atoms with Crippen LogP contribution < -0.4 is 5.73 Å². The van der Waals surface area contributed by atoms with E-state index in [0.717, 1.165) is 11.4 Å². The molecule has 108 valence electrons. The number of nitrogens with two attached hydrogens (primary N) is 1. The van der Waals surface area contributed by atoms with Crippen molar-refractivity contribution >= 4 is 0 Å². The molecule has 0 fully saturated rings. The largest absolute Gasteiger partial charge is 0.394 e. The van der Waals surface area contributed by atoms with Crippen LogP contribution in [0.3, 0.4) is 0 Å². The van der Waals surface area contributed by atoms with Gasteiger partial charge < -0.3 is 10.8 Å². The second-order valence-corrected chi connectivity index (χ2v) is 5.29. The van der Waals surface area contributed by atoms with Crippen molar-refractivity contribution in [2.24, 2.45) is 5.73 Å². The molecule has 0 aliphatic heterocycles. The molecule has 0 spiro atoms. The summed E-state index contributed by atoms with van der Waals surface area (Å²) in [7, 11) is 0. The molecule has 1 unspecified atom stereocenters. The number of aromatic nitrogens is 2. The molecule has 0 amide bonds. The fourth-order valence-corrected chi connectivity index (χ4v) is 2.53. The lowest BCUT2D eigenvalue weighted by atomic mass is 9.92. The highest BCUT2D eigenvalue weighted by Gasteiger charge is 2.18. The first-order valence-electron chi connectivity index (χ1n) is 6.99. The third kappa shape index (κ3) is 2.92. The van der Waals surface area contributed by atoms with E-state index in [9.17, 15) is 0 Å². The van der Waals surface area contributed by atoms with Crippen LogP contribution in [0.15, 0.2) is 24.3 Å². The first-order chi connectivity index (χ1) is 9.56. The highest BCUT2D eigenvalue weighted by Crippen LogP contribution is 2.26. The van der Waals surface area contributed by atoms with Crippen molar-refractivity contribution < 1.29 is 5.11 Å². The van der Waals surface area contributed by atoms with Crippen LogP contribution in [0.2, 0.25) is 0 Å². The Balaban J connectivity index is 2.43. The van der Waals surface area contributed by atoms with E-state index in [-0.39, 0.29) is 12.5 Å². The van der Waals surface area contributed by atoms with E-state index in [1.165, 1.54) is 16.7 Å². The summed E-state index contributed by atoms with van der Waals surface area (Å²) in [5.74, 6) is 0.113. The molecule has 0 bridgehead atoms. The molecule has 0 radical (unpaired) electrons. The van der Waals surface area contributed by atoms with Gasteiger partial charge in [-0.25, -0.2) is 0 Å². The number of benzene rings is 1. The zero-order valence-electron chi connectivity index (χ0n) is 12.4. The van der Waals surface area contributed by atoms with Crippen LogP contribution in [0, 0.1) is 20.8 Å². The molecule has 0 aliphatic rings. The van der Waals surface area contributed by atoms with Crippen molar-refractivity contribution in [1.29, 1.82) is 0 Å². The number of nitrogens with zero attached hydrogens (tertiary/aromatic N) is 2. The van der Waals surface area contributed by atoms with E-state index in [1.54, 1.807) is 0 Å². The maximum Gasteiger partial charge on any atom is 0.0644 e. The monoisotopic (exact) mass is 273 g/mol. The summed E-state index contributed by atoms with van der Waals surface area (Å²) in [5.41, 5.74) is 11.8. The van der Waals surface area contributed by atoms with E-state index in [4.69, 9.17) is 10.8 Å². The second-order valence-electron chi connectivity index (χ2n) is 5.29. The van der Waals surface area contributed by atoms with Gasteiger partial charge in [-0.3, -0.25) is 4.68 Å². The lowest BCUT2D eigenvalue weighted by Crippen LogP contribution is -2.19. The van der Waals surface area contributed by atoms with Crippen LogP contribution in [0.5, 0.6) is 0 Å². The minimum absolute atomic E-state index is 0.0817. The average molecular weight is 273 g/mol. The first kappa shape index (κ1) is 14.8. The van der Waals surface area contributed by atoms with Gasteiger partial charge in [0, 0.05) is 18.2 Å². The Labute approximate surface area is 120 Å². The second kappa shape index (κ2) is 6.20. The summed E-state index contributed by atoms with van der Waals surface area (Å²) in [6.07, 6.45) is 0. The van der Waals surface area contributed by atoms with Crippen molar-refractivity contribution in [1.82, 2.24) is 9.78 Å². The van der Waals surface area contributed by atoms with E-state index < -0.39 is 0 Å². The Bertz CT molecular complexity index is 589. The molecule has 3 N–H and O–H groups in total. The van der Waals surface area contributed by atoms with Crippen LogP contribution in [0.25, 0.3) is 0 Å². The van der Waals surface area contributed by atoms with Crippen LogP contribution in [0.4, 0.5) is 0 Å². The highest BCUT2D eigenvalue weighted by atomic mass is 16.3. The molecule has 4 nitrogen and oxygen atoms in total. The number of aryl methyl sites for hydroxylation is 3. The summed E-state index contributed by atoms with van der Waals surface area (Å²) in [4.78, 5) is 0. The predicted octanol–water partition coefficient (Wildman–Crippen LogP) is 1.89. The normalized spacial score (nSPS) is 12.7. The van der Waals surface area contributed by atoms with Crippen LogP contribution in [0.1, 0.15) is 34.0 Å². The van der Waals surface area contributed by atoms with Crippen molar-refractivity contribution in [2.75, 3.05) is 13.2 Å². The number of rotatable bonds is 5. The summed E-state index contributed by atoms with van der Waals surface area (Å²) in [6.45, 7) is 7.30. The van der Waals surface area contributed by atoms with Crippen LogP contribution in [-0.2, 0) is 6.54 Å². The SMILES string of the molecule is Cc1cc(C(CN)c2ccc(C)c(C)c2)n(CCO)n1. The lowest BCUT2D eigenvalue weighted by molar-refractivity contribution is 0.266. The van der Waals surface area contributed by atoms with Crippen LogP contribution >= 0.6 is 0 Å². The van der Waals surface area contributed by atoms with Crippen molar-refractivity contribution in [3.05, 3.63) is 52.3 Å². The van der Waals surface area contributed by atoms with Gasteiger partial charge in [0.15, 0.2) is 0 Å².